The van der Waals surface area contributed by atoms with E-state index >= 15 is 0 Å². The first-order valence-corrected chi connectivity index (χ1v) is 10.6. The highest BCUT2D eigenvalue weighted by Crippen LogP contribution is 2.37. The maximum Gasteiger partial charge on any atom is 0.264 e. The molecule has 1 atom stereocenters. The number of aromatic nitrogens is 2. The Morgan fingerprint density at radius 3 is 2.86 bits per heavy atom. The smallest absolute Gasteiger partial charge is 0.264 e. The van der Waals surface area contributed by atoms with Crippen molar-refractivity contribution in [3.8, 4) is 0 Å². The monoisotopic (exact) mass is 394 g/mol. The molecule has 0 bridgehead atoms. The number of aryl methyl sites for hydroxylation is 2. The molecule has 0 saturated heterocycles. The van der Waals surface area contributed by atoms with Crippen LogP contribution in [0.5, 0.6) is 0 Å². The van der Waals surface area contributed by atoms with E-state index in [-0.39, 0.29) is 18.0 Å². The number of nitrogens with zero attached hydrogens (tertiary/aromatic N) is 3. The Hall–Kier alpha value is -2.47. The highest BCUT2D eigenvalue weighted by atomic mass is 32.1. The number of thiophene rings is 1. The van der Waals surface area contributed by atoms with Crippen LogP contribution in [0.15, 0.2) is 30.6 Å². The molecule has 1 amide bonds. The van der Waals surface area contributed by atoms with E-state index in [1.807, 2.05) is 27.8 Å². The maximum atomic E-state index is 12.9. The molecule has 28 heavy (non-hydrogen) atoms. The molecule has 6 heteroatoms. The number of rotatable bonds is 4. The molecule has 2 aromatic heterocycles. The van der Waals surface area contributed by atoms with Crippen LogP contribution in [0.1, 0.15) is 59.1 Å². The van der Waals surface area contributed by atoms with Crippen LogP contribution in [-0.2, 0) is 6.42 Å². The number of hydrogen-bond acceptors (Lipinski definition) is 5. The summed E-state index contributed by atoms with van der Waals surface area (Å²) in [5, 5.41) is 4.62. The van der Waals surface area contributed by atoms with Gasteiger partial charge < -0.3 is 10.2 Å². The normalized spacial score (nSPS) is 16.2. The first-order valence-electron chi connectivity index (χ1n) is 9.83. The summed E-state index contributed by atoms with van der Waals surface area (Å²) in [7, 11) is 1.85. The molecule has 0 spiro atoms. The number of hydrogen-bond donors (Lipinski definition) is 1. The molecule has 1 N–H and O–H groups in total. The predicted octanol–water partition coefficient (Wildman–Crippen LogP) is 4.97. The van der Waals surface area contributed by atoms with Crippen LogP contribution in [0, 0.1) is 6.92 Å². The van der Waals surface area contributed by atoms with Gasteiger partial charge in [0.25, 0.3) is 5.91 Å². The molecule has 0 fully saturated rings. The summed E-state index contributed by atoms with van der Waals surface area (Å²) in [4.78, 5) is 25.3. The predicted molar refractivity (Wildman–Crippen MR) is 115 cm³/mol. The van der Waals surface area contributed by atoms with Gasteiger partial charge in [-0.15, -0.1) is 11.3 Å². The molecule has 5 nitrogen and oxygen atoms in total. The van der Waals surface area contributed by atoms with E-state index < -0.39 is 0 Å². The van der Waals surface area contributed by atoms with Crippen LogP contribution in [-0.4, -0.2) is 33.9 Å². The molecule has 1 aliphatic rings. The van der Waals surface area contributed by atoms with Crippen molar-refractivity contribution in [1.29, 1.82) is 0 Å². The van der Waals surface area contributed by atoms with Crippen LogP contribution in [0.25, 0.3) is 10.2 Å². The average molecular weight is 395 g/mol. The quantitative estimate of drug-likeness (QED) is 0.679. The molecule has 1 unspecified atom stereocenters. The minimum absolute atomic E-state index is 0.0458. The Morgan fingerprint density at radius 2 is 2.07 bits per heavy atom. The number of nitrogens with one attached hydrogen (secondary N) is 1. The molecule has 2 heterocycles. The van der Waals surface area contributed by atoms with Crippen LogP contribution >= 0.6 is 11.3 Å². The fourth-order valence-electron chi connectivity index (χ4n) is 3.85. The summed E-state index contributed by atoms with van der Waals surface area (Å²) >= 11 is 1.46. The number of fused-ring (bicyclic) bond motifs is 2. The molecular formula is C22H26N4OS. The molecule has 4 rings (SSSR count). The van der Waals surface area contributed by atoms with Crippen LogP contribution < -0.4 is 5.32 Å². The zero-order valence-corrected chi connectivity index (χ0v) is 17.6. The van der Waals surface area contributed by atoms with E-state index in [1.54, 1.807) is 11.2 Å². The Labute approximate surface area is 169 Å². The van der Waals surface area contributed by atoms with Crippen molar-refractivity contribution in [2.45, 2.75) is 52.1 Å². The summed E-state index contributed by atoms with van der Waals surface area (Å²) in [5.74, 6) is 0.871. The van der Waals surface area contributed by atoms with Gasteiger partial charge in [0.05, 0.1) is 16.3 Å². The number of anilines is 1. The van der Waals surface area contributed by atoms with Crippen molar-refractivity contribution in [3.05, 3.63) is 52.2 Å². The molecule has 1 aliphatic carbocycles. The largest absolute Gasteiger partial charge is 0.363 e. The molecule has 0 aliphatic heterocycles. The molecule has 0 radical (unpaired) electrons. The standard InChI is InChI=1S/C22H26N4OS/c1-13(2)26(4)22(27)19-14(3)18-20(23-12-24-21(18)28-19)25-17-11-7-9-15-8-5-6-10-16(15)17/h5-6,8,10,12-13,17H,7,9,11H2,1-4H3,(H,23,24,25). The first-order chi connectivity index (χ1) is 13.5. The van der Waals surface area contributed by atoms with Crippen molar-refractivity contribution in [1.82, 2.24) is 14.9 Å². The summed E-state index contributed by atoms with van der Waals surface area (Å²) in [6, 6.07) is 9.02. The Balaban J connectivity index is 1.73. The van der Waals surface area contributed by atoms with Gasteiger partial charge >= 0.3 is 0 Å². The Bertz CT molecular complexity index is 1030. The highest BCUT2D eigenvalue weighted by molar-refractivity contribution is 7.20. The lowest BCUT2D eigenvalue weighted by Gasteiger charge is -2.27. The third-order valence-corrected chi connectivity index (χ3v) is 6.88. The van der Waals surface area contributed by atoms with Crippen LogP contribution in [0.4, 0.5) is 5.82 Å². The number of carbonyl (C=O) groups excluding carboxylic acids is 1. The van der Waals surface area contributed by atoms with Gasteiger partial charge in [0.15, 0.2) is 0 Å². The van der Waals surface area contributed by atoms with Crippen LogP contribution in [0.3, 0.4) is 0 Å². The van der Waals surface area contributed by atoms with E-state index in [0.29, 0.717) is 0 Å². The van der Waals surface area contributed by atoms with Gasteiger partial charge in [-0.2, -0.15) is 0 Å². The zero-order chi connectivity index (χ0) is 19.8. The van der Waals surface area contributed by atoms with Crippen LogP contribution in [0.2, 0.25) is 0 Å². The summed E-state index contributed by atoms with van der Waals surface area (Å²) in [6.07, 6.45) is 4.96. The Kier molecular flexibility index (Phi) is 5.06. The second kappa shape index (κ2) is 7.51. The number of amides is 1. The summed E-state index contributed by atoms with van der Waals surface area (Å²) in [5.41, 5.74) is 3.72. The van der Waals surface area contributed by atoms with E-state index in [0.717, 1.165) is 45.7 Å². The summed E-state index contributed by atoms with van der Waals surface area (Å²) in [6.45, 7) is 6.05. The Morgan fingerprint density at radius 1 is 1.29 bits per heavy atom. The van der Waals surface area contributed by atoms with Crippen molar-refractivity contribution < 1.29 is 4.79 Å². The van der Waals surface area contributed by atoms with Crippen molar-refractivity contribution >= 4 is 33.3 Å². The molecule has 146 valence electrons. The lowest BCUT2D eigenvalue weighted by molar-refractivity contribution is 0.0759. The second-order valence-corrected chi connectivity index (χ2v) is 8.76. The lowest BCUT2D eigenvalue weighted by Crippen LogP contribution is -2.32. The minimum Gasteiger partial charge on any atom is -0.363 e. The maximum absolute atomic E-state index is 12.9. The first kappa shape index (κ1) is 18.9. The van der Waals surface area contributed by atoms with E-state index in [4.69, 9.17) is 0 Å². The fourth-order valence-corrected chi connectivity index (χ4v) is 4.98. The van der Waals surface area contributed by atoms with Crippen molar-refractivity contribution in [2.75, 3.05) is 12.4 Å². The summed E-state index contributed by atoms with van der Waals surface area (Å²) < 4.78 is 0. The molecule has 3 aromatic rings. The second-order valence-electron chi connectivity index (χ2n) is 7.76. The molecular weight excluding hydrogens is 368 g/mol. The number of carbonyl (C=O) groups is 1. The van der Waals surface area contributed by atoms with Gasteiger partial charge in [0, 0.05) is 13.1 Å². The zero-order valence-electron chi connectivity index (χ0n) is 16.8. The van der Waals surface area contributed by atoms with E-state index in [2.05, 4.69) is 39.6 Å². The van der Waals surface area contributed by atoms with Crippen molar-refractivity contribution in [2.24, 2.45) is 0 Å². The average Bonchev–Trinajstić information content (AvgIpc) is 3.04. The minimum atomic E-state index is 0.0458. The van der Waals surface area contributed by atoms with Gasteiger partial charge in [-0.05, 0) is 56.7 Å². The van der Waals surface area contributed by atoms with Gasteiger partial charge in [0.1, 0.15) is 17.0 Å². The van der Waals surface area contributed by atoms with E-state index in [9.17, 15) is 4.79 Å². The van der Waals surface area contributed by atoms with Crippen molar-refractivity contribution in [3.63, 3.8) is 0 Å². The molecule has 1 aromatic carbocycles. The third kappa shape index (κ3) is 3.26. The number of benzene rings is 1. The SMILES string of the molecule is Cc1c(C(=O)N(C)C(C)C)sc2ncnc(NC3CCCc4ccccc43)c12. The van der Waals surface area contributed by atoms with Gasteiger partial charge in [-0.25, -0.2) is 9.97 Å². The van der Waals surface area contributed by atoms with E-state index in [1.165, 1.54) is 22.5 Å². The lowest BCUT2D eigenvalue weighted by atomic mass is 9.87. The topological polar surface area (TPSA) is 58.1 Å². The fraction of sp³-hybridized carbons (Fsp3) is 0.409. The van der Waals surface area contributed by atoms with Gasteiger partial charge in [-0.3, -0.25) is 4.79 Å². The van der Waals surface area contributed by atoms with Gasteiger partial charge in [-0.1, -0.05) is 24.3 Å². The molecule has 0 saturated carbocycles. The van der Waals surface area contributed by atoms with Gasteiger partial charge in [0.2, 0.25) is 0 Å². The third-order valence-electron chi connectivity index (χ3n) is 5.70. The highest BCUT2D eigenvalue weighted by Gasteiger charge is 2.25.